The van der Waals surface area contributed by atoms with Crippen LogP contribution >= 0.6 is 0 Å². The second-order valence-corrected chi connectivity index (χ2v) is 6.19. The van der Waals surface area contributed by atoms with E-state index in [9.17, 15) is 4.79 Å². The highest BCUT2D eigenvalue weighted by Gasteiger charge is 2.05. The lowest BCUT2D eigenvalue weighted by molar-refractivity contribution is -0.119. The van der Waals surface area contributed by atoms with Gasteiger partial charge in [0.1, 0.15) is 5.75 Å². The molecule has 0 atom stereocenters. The molecule has 29 heavy (non-hydrogen) atoms. The number of guanidine groups is 1. The summed E-state index contributed by atoms with van der Waals surface area (Å²) in [5.74, 6) is 2.20. The summed E-state index contributed by atoms with van der Waals surface area (Å²) in [4.78, 5) is 15.1. The molecule has 0 bridgehead atoms. The van der Waals surface area contributed by atoms with Crippen LogP contribution in [0.4, 0.5) is 0 Å². The summed E-state index contributed by atoms with van der Waals surface area (Å²) in [6.07, 6.45) is 0.803. The minimum atomic E-state index is -0.507. The van der Waals surface area contributed by atoms with Crippen molar-refractivity contribution >= 4 is 11.9 Å². The molecule has 0 unspecified atom stereocenters. The first kappa shape index (κ1) is 21.9. The number of primary amides is 1. The molecule has 0 saturated heterocycles. The van der Waals surface area contributed by atoms with Crippen LogP contribution in [0, 0.1) is 0 Å². The molecular weight excluding hydrogens is 372 g/mol. The van der Waals surface area contributed by atoms with Gasteiger partial charge in [0.15, 0.2) is 24.1 Å². The van der Waals surface area contributed by atoms with Crippen molar-refractivity contribution in [3.63, 3.8) is 0 Å². The molecule has 0 aliphatic carbocycles. The Morgan fingerprint density at radius 2 is 1.83 bits per heavy atom. The van der Waals surface area contributed by atoms with Crippen molar-refractivity contribution in [1.29, 1.82) is 0 Å². The molecule has 8 nitrogen and oxygen atoms in total. The zero-order valence-electron chi connectivity index (χ0n) is 17.0. The van der Waals surface area contributed by atoms with Gasteiger partial charge in [-0.25, -0.2) is 0 Å². The lowest BCUT2D eigenvalue weighted by atomic mass is 10.1. The van der Waals surface area contributed by atoms with Gasteiger partial charge in [-0.1, -0.05) is 18.2 Å². The number of rotatable bonds is 10. The topological polar surface area (TPSA) is 107 Å². The van der Waals surface area contributed by atoms with Gasteiger partial charge in [0.2, 0.25) is 0 Å². The van der Waals surface area contributed by atoms with Crippen LogP contribution in [0.2, 0.25) is 0 Å². The van der Waals surface area contributed by atoms with Crippen LogP contribution in [0.3, 0.4) is 0 Å². The van der Waals surface area contributed by atoms with E-state index in [1.54, 1.807) is 27.3 Å². The van der Waals surface area contributed by atoms with E-state index in [1.165, 1.54) is 0 Å². The number of carbonyl (C=O) groups is 1. The first-order chi connectivity index (χ1) is 14.0. The molecule has 0 heterocycles. The van der Waals surface area contributed by atoms with Crippen molar-refractivity contribution < 1.29 is 19.0 Å². The summed E-state index contributed by atoms with van der Waals surface area (Å²) in [7, 11) is 4.96. The van der Waals surface area contributed by atoms with Crippen LogP contribution in [0.15, 0.2) is 47.5 Å². The quantitative estimate of drug-likeness (QED) is 0.412. The number of benzene rings is 2. The van der Waals surface area contributed by atoms with E-state index in [1.807, 2.05) is 36.4 Å². The minimum absolute atomic E-state index is 0.143. The molecule has 8 heteroatoms. The number of ether oxygens (including phenoxy) is 3. The summed E-state index contributed by atoms with van der Waals surface area (Å²) in [6.45, 7) is 1.12. The molecule has 0 spiro atoms. The van der Waals surface area contributed by atoms with Crippen molar-refractivity contribution in [2.75, 3.05) is 34.4 Å². The molecule has 4 N–H and O–H groups in total. The van der Waals surface area contributed by atoms with E-state index < -0.39 is 5.91 Å². The number of nitrogens with two attached hydrogens (primary N) is 1. The molecule has 0 aliphatic heterocycles. The average molecular weight is 400 g/mol. The SMILES string of the molecule is CN=C(NCCc1ccc(OC)c(OC)c1)NCc1cccc(OCC(N)=O)c1. The van der Waals surface area contributed by atoms with E-state index in [0.717, 1.165) is 17.5 Å². The molecule has 2 aromatic rings. The molecule has 0 saturated carbocycles. The van der Waals surface area contributed by atoms with Gasteiger partial charge in [-0.05, 0) is 41.8 Å². The first-order valence-corrected chi connectivity index (χ1v) is 9.21. The zero-order valence-corrected chi connectivity index (χ0v) is 17.0. The van der Waals surface area contributed by atoms with Crippen molar-refractivity contribution in [2.45, 2.75) is 13.0 Å². The van der Waals surface area contributed by atoms with E-state index in [0.29, 0.717) is 36.3 Å². The van der Waals surface area contributed by atoms with Gasteiger partial charge in [-0.2, -0.15) is 0 Å². The molecule has 156 valence electrons. The summed E-state index contributed by atoms with van der Waals surface area (Å²) < 4.78 is 15.9. The fraction of sp³-hybridized carbons (Fsp3) is 0.333. The number of nitrogens with one attached hydrogen (secondary N) is 2. The molecule has 2 rings (SSSR count). The smallest absolute Gasteiger partial charge is 0.255 e. The average Bonchev–Trinajstić information content (AvgIpc) is 2.74. The van der Waals surface area contributed by atoms with Crippen LogP contribution in [-0.4, -0.2) is 46.3 Å². The predicted octanol–water partition coefficient (Wildman–Crippen LogP) is 1.48. The third-order valence-electron chi connectivity index (χ3n) is 4.12. The second kappa shape index (κ2) is 11.4. The Morgan fingerprint density at radius 1 is 1.03 bits per heavy atom. The number of amides is 1. The highest BCUT2D eigenvalue weighted by atomic mass is 16.5. The van der Waals surface area contributed by atoms with Crippen LogP contribution in [0.1, 0.15) is 11.1 Å². The van der Waals surface area contributed by atoms with Crippen LogP contribution in [-0.2, 0) is 17.8 Å². The van der Waals surface area contributed by atoms with Gasteiger partial charge in [0.05, 0.1) is 14.2 Å². The number of methoxy groups -OCH3 is 2. The summed E-state index contributed by atoms with van der Waals surface area (Å²) >= 11 is 0. The number of carbonyl (C=O) groups excluding carboxylic acids is 1. The fourth-order valence-corrected chi connectivity index (χ4v) is 2.67. The highest BCUT2D eigenvalue weighted by molar-refractivity contribution is 5.79. The molecule has 0 aliphatic rings. The number of aliphatic imine (C=N–C) groups is 1. The standard InChI is InChI=1S/C21H28N4O4/c1-23-21(24-10-9-15-7-8-18(27-2)19(12-15)28-3)25-13-16-5-4-6-17(11-16)29-14-20(22)26/h4-8,11-12H,9-10,13-14H2,1-3H3,(H2,22,26)(H2,23,24,25). The van der Waals surface area contributed by atoms with Gasteiger partial charge < -0.3 is 30.6 Å². The Kier molecular flexibility index (Phi) is 8.62. The highest BCUT2D eigenvalue weighted by Crippen LogP contribution is 2.27. The van der Waals surface area contributed by atoms with Crippen LogP contribution in [0.25, 0.3) is 0 Å². The Bertz CT molecular complexity index is 839. The molecule has 1 amide bonds. The lowest BCUT2D eigenvalue weighted by Gasteiger charge is -2.13. The molecule has 2 aromatic carbocycles. The van der Waals surface area contributed by atoms with Gasteiger partial charge >= 0.3 is 0 Å². The Balaban J connectivity index is 1.82. The van der Waals surface area contributed by atoms with Crippen LogP contribution < -0.4 is 30.6 Å². The third kappa shape index (κ3) is 7.25. The van der Waals surface area contributed by atoms with E-state index in [-0.39, 0.29) is 6.61 Å². The maximum Gasteiger partial charge on any atom is 0.255 e. The normalized spacial score (nSPS) is 10.9. The molecular formula is C21H28N4O4. The Labute approximate surface area is 171 Å². The van der Waals surface area contributed by atoms with E-state index in [2.05, 4.69) is 15.6 Å². The van der Waals surface area contributed by atoms with Gasteiger partial charge in [0.25, 0.3) is 5.91 Å². The van der Waals surface area contributed by atoms with Crippen molar-refractivity contribution in [3.8, 4) is 17.2 Å². The number of nitrogens with zero attached hydrogens (tertiary/aromatic N) is 1. The van der Waals surface area contributed by atoms with Crippen molar-refractivity contribution in [2.24, 2.45) is 10.7 Å². The fourth-order valence-electron chi connectivity index (χ4n) is 2.67. The minimum Gasteiger partial charge on any atom is -0.493 e. The molecule has 0 radical (unpaired) electrons. The largest absolute Gasteiger partial charge is 0.493 e. The number of hydrogen-bond acceptors (Lipinski definition) is 5. The lowest BCUT2D eigenvalue weighted by Crippen LogP contribution is -2.37. The van der Waals surface area contributed by atoms with E-state index in [4.69, 9.17) is 19.9 Å². The van der Waals surface area contributed by atoms with Gasteiger partial charge in [-0.15, -0.1) is 0 Å². The van der Waals surface area contributed by atoms with Crippen molar-refractivity contribution in [3.05, 3.63) is 53.6 Å². The van der Waals surface area contributed by atoms with Crippen molar-refractivity contribution in [1.82, 2.24) is 10.6 Å². The van der Waals surface area contributed by atoms with E-state index >= 15 is 0 Å². The van der Waals surface area contributed by atoms with Gasteiger partial charge in [0, 0.05) is 20.1 Å². The summed E-state index contributed by atoms with van der Waals surface area (Å²) in [6, 6.07) is 13.3. The number of hydrogen-bond donors (Lipinski definition) is 3. The summed E-state index contributed by atoms with van der Waals surface area (Å²) in [5, 5.41) is 6.54. The first-order valence-electron chi connectivity index (χ1n) is 9.21. The van der Waals surface area contributed by atoms with Gasteiger partial charge in [-0.3, -0.25) is 9.79 Å². The zero-order chi connectivity index (χ0) is 21.1. The molecule has 0 aromatic heterocycles. The molecule has 0 fully saturated rings. The second-order valence-electron chi connectivity index (χ2n) is 6.19. The Morgan fingerprint density at radius 3 is 2.52 bits per heavy atom. The predicted molar refractivity (Wildman–Crippen MR) is 113 cm³/mol. The Hall–Kier alpha value is -3.42. The third-order valence-corrected chi connectivity index (χ3v) is 4.12. The monoisotopic (exact) mass is 400 g/mol. The maximum atomic E-state index is 10.8. The summed E-state index contributed by atoms with van der Waals surface area (Å²) in [5.41, 5.74) is 7.23. The van der Waals surface area contributed by atoms with Crippen LogP contribution in [0.5, 0.6) is 17.2 Å². The maximum absolute atomic E-state index is 10.8.